The number of carbonyl (C=O) groups is 4. The van der Waals surface area contributed by atoms with Crippen molar-refractivity contribution < 1.29 is 53.6 Å². The van der Waals surface area contributed by atoms with Crippen LogP contribution in [0.2, 0.25) is 0 Å². The number of nitrogens with one attached hydrogen (secondary N) is 2. The largest absolute Gasteiger partial charge is 0.464 e. The van der Waals surface area contributed by atoms with Gasteiger partial charge in [0.15, 0.2) is 12.4 Å². The molecule has 0 saturated heterocycles. The van der Waals surface area contributed by atoms with E-state index in [2.05, 4.69) is 22.2 Å². The van der Waals surface area contributed by atoms with Gasteiger partial charge in [0, 0.05) is 67.4 Å². The first kappa shape index (κ1) is 54.6. The number of carbonyl (C=O) groups excluding carboxylic acids is 4. The van der Waals surface area contributed by atoms with Gasteiger partial charge in [-0.2, -0.15) is 4.57 Å². The van der Waals surface area contributed by atoms with Gasteiger partial charge in [-0.05, 0) is 66.5 Å². The first-order valence-electron chi connectivity index (χ1n) is 21.5. The molecule has 0 aliphatic rings. The van der Waals surface area contributed by atoms with E-state index < -0.39 is 35.8 Å². The first-order valence-corrected chi connectivity index (χ1v) is 24.0. The van der Waals surface area contributed by atoms with E-state index in [1.807, 2.05) is 94.8 Å². The predicted octanol–water partition coefficient (Wildman–Crippen LogP) is 3.10. The lowest BCUT2D eigenvalue weighted by Gasteiger charge is -2.22. The van der Waals surface area contributed by atoms with Crippen molar-refractivity contribution in [3.8, 4) is 0 Å². The Bertz CT molecular complexity index is 2050. The van der Waals surface area contributed by atoms with Crippen LogP contribution in [-0.2, 0) is 35.2 Å². The summed E-state index contributed by atoms with van der Waals surface area (Å²) in [5, 5.41) is 42.6. The Kier molecular flexibility index (Phi) is 26.5. The van der Waals surface area contributed by atoms with Crippen LogP contribution in [0.1, 0.15) is 30.5 Å². The van der Waals surface area contributed by atoms with Crippen molar-refractivity contribution in [2.24, 2.45) is 4.99 Å². The van der Waals surface area contributed by atoms with Crippen molar-refractivity contribution in [1.29, 1.82) is 0 Å². The Morgan fingerprint density at radius 1 is 0.682 bits per heavy atom. The minimum absolute atomic E-state index is 0.0107. The number of nitrogens with zero attached hydrogens (tertiary/aromatic N) is 4. The molecule has 16 nitrogen and oxygen atoms in total. The van der Waals surface area contributed by atoms with E-state index >= 15 is 0 Å². The SMILES string of the molecule is C=CC(/C=C/c1ccc(N(CCO)CCO)cc1)=C\C=NCC(=O)NC(CSSCC(NC(=O)C[n+]1ccc(/C=C/c2ccc(N(CCO)CCO)cc2)cc1)C(=O)OCC)C(=O)OCC. The van der Waals surface area contributed by atoms with Gasteiger partial charge in [0.05, 0.1) is 39.6 Å². The van der Waals surface area contributed by atoms with Crippen LogP contribution < -0.4 is 25.0 Å². The number of esters is 2. The molecule has 1 aromatic heterocycles. The van der Waals surface area contributed by atoms with Gasteiger partial charge in [-0.3, -0.25) is 14.6 Å². The van der Waals surface area contributed by atoms with Crippen LogP contribution in [0.3, 0.4) is 0 Å². The molecule has 0 aliphatic carbocycles. The monoisotopic (exact) mass is 947 g/mol. The van der Waals surface area contributed by atoms with E-state index in [9.17, 15) is 39.6 Å². The summed E-state index contributed by atoms with van der Waals surface area (Å²) in [6.07, 6.45) is 16.0. The summed E-state index contributed by atoms with van der Waals surface area (Å²) in [6.45, 7) is 8.73. The van der Waals surface area contributed by atoms with Crippen molar-refractivity contribution in [3.05, 3.63) is 120 Å². The van der Waals surface area contributed by atoms with E-state index in [1.165, 1.54) is 27.8 Å². The summed E-state index contributed by atoms with van der Waals surface area (Å²) in [5.74, 6) is -1.87. The highest BCUT2D eigenvalue weighted by atomic mass is 33.1. The minimum atomic E-state index is -0.991. The minimum Gasteiger partial charge on any atom is -0.464 e. The first-order chi connectivity index (χ1) is 32.1. The quantitative estimate of drug-likeness (QED) is 0.0137. The number of benzene rings is 2. The van der Waals surface area contributed by atoms with Gasteiger partial charge in [0.25, 0.3) is 5.91 Å². The third-order valence-electron chi connectivity index (χ3n) is 9.38. The molecular formula is C48H63N6O10S2+. The third-order valence-corrected chi connectivity index (χ3v) is 11.8. The number of aromatic nitrogens is 1. The average molecular weight is 948 g/mol. The molecule has 6 N–H and O–H groups in total. The number of amides is 2. The van der Waals surface area contributed by atoms with Gasteiger partial charge in [-0.1, -0.05) is 82.8 Å². The fourth-order valence-electron chi connectivity index (χ4n) is 6.05. The van der Waals surface area contributed by atoms with Gasteiger partial charge in [-0.15, -0.1) is 0 Å². The predicted molar refractivity (Wildman–Crippen MR) is 264 cm³/mol. The summed E-state index contributed by atoms with van der Waals surface area (Å²) in [7, 11) is 2.46. The van der Waals surface area contributed by atoms with Gasteiger partial charge in [0.1, 0.15) is 18.6 Å². The number of pyridine rings is 1. The second-order valence-corrected chi connectivity index (χ2v) is 16.7. The van der Waals surface area contributed by atoms with E-state index in [0.29, 0.717) is 26.2 Å². The molecule has 0 bridgehead atoms. The second kappa shape index (κ2) is 32.0. The Morgan fingerprint density at radius 3 is 1.56 bits per heavy atom. The van der Waals surface area contributed by atoms with Gasteiger partial charge < -0.3 is 50.3 Å². The molecule has 3 aromatic rings. The summed E-state index contributed by atoms with van der Waals surface area (Å²) in [6, 6.07) is 17.2. The molecule has 1 heterocycles. The van der Waals surface area contributed by atoms with Crippen LogP contribution in [0.4, 0.5) is 11.4 Å². The highest BCUT2D eigenvalue weighted by molar-refractivity contribution is 8.76. The number of aliphatic hydroxyl groups excluding tert-OH is 4. The summed E-state index contributed by atoms with van der Waals surface area (Å²) in [5.41, 5.74) is 5.32. The number of anilines is 2. The maximum atomic E-state index is 13.1. The van der Waals surface area contributed by atoms with E-state index in [-0.39, 0.29) is 64.2 Å². The maximum absolute atomic E-state index is 13.1. The molecule has 0 saturated carbocycles. The molecule has 0 aliphatic heterocycles. The normalized spacial score (nSPS) is 12.5. The number of rotatable bonds is 31. The molecule has 18 heteroatoms. The number of hydrogen-bond donors (Lipinski definition) is 6. The Balaban J connectivity index is 1.50. The molecule has 356 valence electrons. The molecule has 2 aromatic carbocycles. The zero-order valence-corrected chi connectivity index (χ0v) is 39.2. The number of aliphatic hydroxyl groups is 4. The zero-order valence-electron chi connectivity index (χ0n) is 37.6. The Hall–Kier alpha value is -5.76. The van der Waals surface area contributed by atoms with Crippen LogP contribution in [0.25, 0.3) is 18.2 Å². The van der Waals surface area contributed by atoms with Crippen molar-refractivity contribution in [1.82, 2.24) is 10.6 Å². The lowest BCUT2D eigenvalue weighted by atomic mass is 10.1. The Labute approximate surface area is 395 Å². The smallest absolute Gasteiger partial charge is 0.329 e. The van der Waals surface area contributed by atoms with Crippen LogP contribution in [0.5, 0.6) is 0 Å². The summed E-state index contributed by atoms with van der Waals surface area (Å²) < 4.78 is 12.1. The molecular weight excluding hydrogens is 885 g/mol. The molecule has 2 atom stereocenters. The number of hydrogen-bond acceptors (Lipinski definition) is 15. The number of ether oxygens (including phenoxy) is 2. The van der Waals surface area contributed by atoms with Crippen LogP contribution in [-0.4, -0.2) is 146 Å². The van der Waals surface area contributed by atoms with Crippen LogP contribution in [0, 0.1) is 0 Å². The van der Waals surface area contributed by atoms with E-state index in [4.69, 9.17) is 9.47 Å². The lowest BCUT2D eigenvalue weighted by molar-refractivity contribution is -0.684. The fourth-order valence-corrected chi connectivity index (χ4v) is 8.35. The molecule has 3 rings (SSSR count). The van der Waals surface area contributed by atoms with Crippen LogP contribution >= 0.6 is 21.6 Å². The zero-order chi connectivity index (χ0) is 47.9. The van der Waals surface area contributed by atoms with Crippen molar-refractivity contribution in [2.75, 3.05) is 93.7 Å². The van der Waals surface area contributed by atoms with Gasteiger partial charge >= 0.3 is 11.9 Å². The fraction of sp³-hybridized carbons (Fsp3) is 0.375. The summed E-state index contributed by atoms with van der Waals surface area (Å²) in [4.78, 5) is 59.5. The maximum Gasteiger partial charge on any atom is 0.329 e. The highest BCUT2D eigenvalue weighted by Crippen LogP contribution is 2.24. The molecule has 0 radical (unpaired) electrons. The molecule has 0 fully saturated rings. The van der Waals surface area contributed by atoms with E-state index in [1.54, 1.807) is 43.0 Å². The molecule has 2 unspecified atom stereocenters. The van der Waals surface area contributed by atoms with Gasteiger partial charge in [0.2, 0.25) is 12.5 Å². The molecule has 0 spiro atoms. The Morgan fingerprint density at radius 2 is 1.12 bits per heavy atom. The summed E-state index contributed by atoms with van der Waals surface area (Å²) >= 11 is 0. The van der Waals surface area contributed by atoms with Crippen molar-refractivity contribution >= 4 is 81.2 Å². The third kappa shape index (κ3) is 20.6. The van der Waals surface area contributed by atoms with E-state index in [0.717, 1.165) is 33.6 Å². The lowest BCUT2D eigenvalue weighted by Crippen LogP contribution is -2.49. The second-order valence-electron chi connectivity index (χ2n) is 14.2. The topological polar surface area (TPSA) is 214 Å². The van der Waals surface area contributed by atoms with Crippen molar-refractivity contribution in [3.63, 3.8) is 0 Å². The molecule has 66 heavy (non-hydrogen) atoms. The molecule has 2 amide bonds. The number of aliphatic imine (C=N–C) groups is 1. The highest BCUT2D eigenvalue weighted by Gasteiger charge is 2.26. The van der Waals surface area contributed by atoms with Gasteiger partial charge in [-0.25, -0.2) is 9.59 Å². The van der Waals surface area contributed by atoms with Crippen LogP contribution in [0.15, 0.2) is 108 Å². The standard InChI is InChI=1S/C48H62N6O10S2/c1-4-37(7-8-38-11-15-41(16-12-38)53(25-29-55)26-30-56)19-22-49-33-45(59)50-43(47(61)63-5-2)35-65-66-36-44(48(62)64-6-3)51-46(60)34-52-23-20-40(21-24-52)10-9-39-13-17-42(18-14-39)54(27-31-57)28-32-58/h4,7-24,43-44,55-58H,1,5-6,25-36H2,2-3H3,(H-,50,51,59,60)/p+1/b8-7+,37-19+,49-22?. The van der Waals surface area contributed by atoms with Crippen molar-refractivity contribution in [2.45, 2.75) is 32.5 Å². The average Bonchev–Trinajstić information content (AvgIpc) is 3.32. The number of allylic oxidation sites excluding steroid dienone is 4.